The maximum absolute atomic E-state index is 12.3. The second-order valence-corrected chi connectivity index (χ2v) is 7.42. The van der Waals surface area contributed by atoms with Gasteiger partial charge in [-0.05, 0) is 42.8 Å². The monoisotopic (exact) mass is 426 g/mol. The molecular weight excluding hydrogens is 404 g/mol. The molecule has 1 aromatic heterocycles. The summed E-state index contributed by atoms with van der Waals surface area (Å²) in [6.45, 7) is 1.06. The second-order valence-electron chi connectivity index (χ2n) is 6.99. The first-order valence-corrected chi connectivity index (χ1v) is 10.2. The smallest absolute Gasteiger partial charge is 0.252 e. The van der Waals surface area contributed by atoms with Crippen molar-refractivity contribution in [2.75, 3.05) is 18.6 Å². The zero-order valence-electron chi connectivity index (χ0n) is 16.6. The van der Waals surface area contributed by atoms with Gasteiger partial charge in [-0.1, -0.05) is 23.7 Å². The number of anilines is 2. The van der Waals surface area contributed by atoms with Crippen molar-refractivity contribution in [2.24, 2.45) is 0 Å². The second kappa shape index (κ2) is 9.24. The predicted molar refractivity (Wildman–Crippen MR) is 117 cm³/mol. The van der Waals surface area contributed by atoms with Crippen LogP contribution in [0, 0.1) is 0 Å². The van der Waals surface area contributed by atoms with Crippen LogP contribution >= 0.6 is 11.6 Å². The van der Waals surface area contributed by atoms with Gasteiger partial charge in [0.2, 0.25) is 0 Å². The Morgan fingerprint density at radius 2 is 2.00 bits per heavy atom. The van der Waals surface area contributed by atoms with Crippen LogP contribution in [0.15, 0.2) is 65.6 Å². The molecule has 0 saturated carbocycles. The van der Waals surface area contributed by atoms with E-state index in [1.165, 1.54) is 0 Å². The molecule has 0 radical (unpaired) electrons. The van der Waals surface area contributed by atoms with Crippen molar-refractivity contribution in [1.29, 1.82) is 0 Å². The number of benzene rings is 2. The molecule has 1 atom stereocenters. The van der Waals surface area contributed by atoms with E-state index in [4.69, 9.17) is 25.8 Å². The Balaban J connectivity index is 1.74. The van der Waals surface area contributed by atoms with Crippen LogP contribution in [0.1, 0.15) is 18.4 Å². The molecule has 7 heteroatoms. The highest BCUT2D eigenvalue weighted by Crippen LogP contribution is 2.37. The minimum atomic E-state index is -0.286. The van der Waals surface area contributed by atoms with E-state index in [1.54, 1.807) is 13.3 Å². The van der Waals surface area contributed by atoms with Gasteiger partial charge in [-0.2, -0.15) is 0 Å². The summed E-state index contributed by atoms with van der Waals surface area (Å²) in [5, 5.41) is 0.615. The summed E-state index contributed by atoms with van der Waals surface area (Å²) in [6.07, 6.45) is 3.14. The molecule has 0 spiro atoms. The summed E-state index contributed by atoms with van der Waals surface area (Å²) < 4.78 is 17.1. The van der Waals surface area contributed by atoms with Crippen LogP contribution in [-0.4, -0.2) is 25.0 Å². The van der Waals surface area contributed by atoms with Crippen molar-refractivity contribution in [3.63, 3.8) is 0 Å². The lowest BCUT2D eigenvalue weighted by Gasteiger charge is -2.26. The Kier molecular flexibility index (Phi) is 6.26. The van der Waals surface area contributed by atoms with Gasteiger partial charge in [-0.25, -0.2) is 0 Å². The first-order valence-electron chi connectivity index (χ1n) is 9.80. The molecule has 0 amide bonds. The van der Waals surface area contributed by atoms with Crippen molar-refractivity contribution in [2.45, 2.75) is 25.7 Å². The van der Waals surface area contributed by atoms with E-state index in [9.17, 15) is 4.79 Å². The molecule has 2 heterocycles. The van der Waals surface area contributed by atoms with Crippen molar-refractivity contribution in [3.8, 4) is 11.5 Å². The number of H-pyrrole nitrogens is 1. The minimum absolute atomic E-state index is 0.131. The first-order chi connectivity index (χ1) is 14.6. The summed E-state index contributed by atoms with van der Waals surface area (Å²) in [4.78, 5) is 17.1. The minimum Gasteiger partial charge on any atom is -0.493 e. The number of halogens is 1. The fourth-order valence-electron chi connectivity index (χ4n) is 3.44. The van der Waals surface area contributed by atoms with Gasteiger partial charge in [0, 0.05) is 40.6 Å². The Hall–Kier alpha value is -2.96. The third kappa shape index (κ3) is 4.61. The zero-order chi connectivity index (χ0) is 20.9. The molecule has 4 rings (SSSR count). The van der Waals surface area contributed by atoms with Gasteiger partial charge in [-0.15, -0.1) is 0 Å². The van der Waals surface area contributed by atoms with Crippen molar-refractivity contribution in [1.82, 2.24) is 4.98 Å². The van der Waals surface area contributed by atoms with Gasteiger partial charge >= 0.3 is 0 Å². The number of hydrogen-bond acceptors (Lipinski definition) is 5. The molecule has 1 saturated heterocycles. The van der Waals surface area contributed by atoms with E-state index in [0.29, 0.717) is 35.2 Å². The standard InChI is InChI=1S/C23H23ClN2O4/c1-28-20-10-9-19(14-21(20)30-22-8-4-12-29-22)26(18-7-2-6-17(24)13-18)15-16-5-3-11-25-23(16)27/h2-3,5-7,9-11,13-14,22H,4,8,12,15H2,1H3,(H,25,27). The Bertz CT molecular complexity index is 1060. The molecule has 1 fully saturated rings. The summed E-state index contributed by atoms with van der Waals surface area (Å²) in [5.41, 5.74) is 2.21. The molecule has 1 aliphatic heterocycles. The molecule has 1 unspecified atom stereocenters. The lowest BCUT2D eigenvalue weighted by Crippen LogP contribution is -2.23. The van der Waals surface area contributed by atoms with Gasteiger partial charge in [0.25, 0.3) is 5.56 Å². The molecule has 3 aromatic rings. The van der Waals surface area contributed by atoms with Crippen LogP contribution in [0.25, 0.3) is 0 Å². The van der Waals surface area contributed by atoms with Gasteiger partial charge in [0.15, 0.2) is 17.8 Å². The molecule has 156 valence electrons. The molecule has 1 N–H and O–H groups in total. The topological polar surface area (TPSA) is 63.8 Å². The average Bonchev–Trinajstić information content (AvgIpc) is 3.26. The number of aromatic amines is 1. The summed E-state index contributed by atoms with van der Waals surface area (Å²) in [6, 6.07) is 16.8. The van der Waals surface area contributed by atoms with Gasteiger partial charge in [0.1, 0.15) is 0 Å². The Morgan fingerprint density at radius 3 is 2.73 bits per heavy atom. The number of methoxy groups -OCH3 is 1. The molecule has 2 aromatic carbocycles. The lowest BCUT2D eigenvalue weighted by atomic mass is 10.1. The van der Waals surface area contributed by atoms with E-state index < -0.39 is 0 Å². The third-order valence-electron chi connectivity index (χ3n) is 4.95. The number of hydrogen-bond donors (Lipinski definition) is 1. The summed E-state index contributed by atoms with van der Waals surface area (Å²) >= 11 is 6.25. The quantitative estimate of drug-likeness (QED) is 0.582. The molecule has 30 heavy (non-hydrogen) atoms. The van der Waals surface area contributed by atoms with Crippen molar-refractivity contribution >= 4 is 23.0 Å². The molecule has 0 bridgehead atoms. The zero-order valence-corrected chi connectivity index (χ0v) is 17.4. The largest absolute Gasteiger partial charge is 0.493 e. The van der Waals surface area contributed by atoms with E-state index in [2.05, 4.69) is 4.98 Å². The highest BCUT2D eigenvalue weighted by molar-refractivity contribution is 6.30. The number of aromatic nitrogens is 1. The van der Waals surface area contributed by atoms with Gasteiger partial charge in [-0.3, -0.25) is 4.79 Å². The van der Waals surface area contributed by atoms with Crippen molar-refractivity contribution < 1.29 is 14.2 Å². The van der Waals surface area contributed by atoms with E-state index in [-0.39, 0.29) is 11.8 Å². The SMILES string of the molecule is COc1ccc(N(Cc2ccc[nH]c2=O)c2cccc(Cl)c2)cc1OC1CCCO1. The van der Waals surface area contributed by atoms with Crippen LogP contribution in [0.4, 0.5) is 11.4 Å². The Labute approximate surface area is 180 Å². The highest BCUT2D eigenvalue weighted by Gasteiger charge is 2.21. The molecular formula is C23H23ClN2O4. The van der Waals surface area contributed by atoms with Crippen LogP contribution in [0.3, 0.4) is 0 Å². The fourth-order valence-corrected chi connectivity index (χ4v) is 3.62. The maximum Gasteiger partial charge on any atom is 0.252 e. The molecule has 0 aliphatic carbocycles. The number of ether oxygens (including phenoxy) is 3. The predicted octanol–water partition coefficient (Wildman–Crippen LogP) is 4.89. The van der Waals surface area contributed by atoms with E-state index >= 15 is 0 Å². The lowest BCUT2D eigenvalue weighted by molar-refractivity contribution is -0.0402. The molecule has 1 aliphatic rings. The maximum atomic E-state index is 12.3. The Morgan fingerprint density at radius 1 is 1.13 bits per heavy atom. The fraction of sp³-hybridized carbons (Fsp3) is 0.261. The van der Waals surface area contributed by atoms with E-state index in [0.717, 1.165) is 24.2 Å². The number of nitrogens with one attached hydrogen (secondary N) is 1. The number of pyridine rings is 1. The number of rotatable bonds is 7. The third-order valence-corrected chi connectivity index (χ3v) is 5.19. The highest BCUT2D eigenvalue weighted by atomic mass is 35.5. The molecule has 6 nitrogen and oxygen atoms in total. The summed E-state index contributed by atoms with van der Waals surface area (Å²) in [7, 11) is 1.61. The average molecular weight is 427 g/mol. The van der Waals surface area contributed by atoms with Gasteiger partial charge < -0.3 is 24.1 Å². The summed E-state index contributed by atoms with van der Waals surface area (Å²) in [5.74, 6) is 1.22. The normalized spacial score (nSPS) is 15.7. The van der Waals surface area contributed by atoms with Gasteiger partial charge in [0.05, 0.1) is 20.3 Å². The first kappa shape index (κ1) is 20.3. The van der Waals surface area contributed by atoms with Crippen LogP contribution < -0.4 is 19.9 Å². The van der Waals surface area contributed by atoms with E-state index in [1.807, 2.05) is 59.5 Å². The van der Waals surface area contributed by atoms with Crippen LogP contribution in [0.5, 0.6) is 11.5 Å². The number of nitrogens with zero attached hydrogens (tertiary/aromatic N) is 1. The van der Waals surface area contributed by atoms with Crippen molar-refractivity contribution in [3.05, 3.63) is 81.7 Å². The van der Waals surface area contributed by atoms with Crippen LogP contribution in [0.2, 0.25) is 5.02 Å². The van der Waals surface area contributed by atoms with Crippen LogP contribution in [-0.2, 0) is 11.3 Å².